The molecule has 0 saturated carbocycles. The minimum absolute atomic E-state index is 0.00517. The Labute approximate surface area is 296 Å². The van der Waals surface area contributed by atoms with E-state index in [-0.39, 0.29) is 52.8 Å². The van der Waals surface area contributed by atoms with E-state index in [0.29, 0.717) is 24.3 Å². The average molecular weight is 711 g/mol. The number of imide groups is 1. The number of anilines is 2. The van der Waals surface area contributed by atoms with Crippen LogP contribution in [-0.2, 0) is 32.8 Å². The first-order chi connectivity index (χ1) is 24.3. The van der Waals surface area contributed by atoms with Crippen molar-refractivity contribution in [2.45, 2.75) is 52.9 Å². The number of sulfonamides is 1. The topological polar surface area (TPSA) is 133 Å². The van der Waals surface area contributed by atoms with Crippen LogP contribution in [0.4, 0.5) is 16.2 Å². The van der Waals surface area contributed by atoms with E-state index in [4.69, 9.17) is 18.6 Å². The Hall–Kier alpha value is -5.62. The van der Waals surface area contributed by atoms with E-state index in [9.17, 15) is 22.8 Å². The molecule has 12 heteroatoms. The minimum atomic E-state index is -3.82. The first-order valence-electron chi connectivity index (χ1n) is 16.4. The molecule has 264 valence electrons. The summed E-state index contributed by atoms with van der Waals surface area (Å²) >= 11 is 0. The van der Waals surface area contributed by atoms with Crippen LogP contribution >= 0.6 is 0 Å². The van der Waals surface area contributed by atoms with Crippen LogP contribution in [0.25, 0.3) is 22.3 Å². The summed E-state index contributed by atoms with van der Waals surface area (Å²) in [5.74, 6) is -0.309. The molecule has 51 heavy (non-hydrogen) atoms. The Balaban J connectivity index is 1.52. The van der Waals surface area contributed by atoms with Crippen molar-refractivity contribution >= 4 is 44.4 Å². The number of carbonyl (C=O) groups is 2. The third kappa shape index (κ3) is 7.91. The van der Waals surface area contributed by atoms with Gasteiger partial charge in [0.15, 0.2) is 11.3 Å². The molecule has 0 atom stereocenters. The number of carbonyl (C=O) groups excluding carboxylic acids is 2. The fourth-order valence-electron chi connectivity index (χ4n) is 5.69. The van der Waals surface area contributed by atoms with Gasteiger partial charge in [0.25, 0.3) is 0 Å². The first-order valence-corrected chi connectivity index (χ1v) is 18.0. The van der Waals surface area contributed by atoms with Gasteiger partial charge in [-0.2, -0.15) is 0 Å². The first kappa shape index (κ1) is 35.2. The summed E-state index contributed by atoms with van der Waals surface area (Å²) < 4.78 is 51.9. The van der Waals surface area contributed by atoms with Gasteiger partial charge in [-0.15, -0.1) is 0 Å². The van der Waals surface area contributed by atoms with Crippen molar-refractivity contribution in [2.24, 2.45) is 0 Å². The normalized spacial score (nSPS) is 13.9. The maximum atomic E-state index is 14.5. The molecule has 6 rings (SSSR count). The van der Waals surface area contributed by atoms with Crippen LogP contribution < -0.4 is 24.1 Å². The Bertz CT molecular complexity index is 2230. The van der Waals surface area contributed by atoms with Gasteiger partial charge in [-0.05, 0) is 74.7 Å². The van der Waals surface area contributed by atoms with Gasteiger partial charge < -0.3 is 18.6 Å². The number of fused-ring (bicyclic) bond motifs is 1. The van der Waals surface area contributed by atoms with Gasteiger partial charge in [0.2, 0.25) is 27.1 Å². The highest BCUT2D eigenvalue weighted by Gasteiger charge is 2.35. The monoisotopic (exact) mass is 710 g/mol. The lowest BCUT2D eigenvalue weighted by atomic mass is 10.1. The number of nitrogens with zero attached hydrogens (tertiary/aromatic N) is 2. The van der Waals surface area contributed by atoms with Gasteiger partial charge in [0.1, 0.15) is 24.6 Å². The predicted molar refractivity (Wildman–Crippen MR) is 195 cm³/mol. The summed E-state index contributed by atoms with van der Waals surface area (Å²) in [6.45, 7) is 6.61. The molecule has 5 aromatic rings. The van der Waals surface area contributed by atoms with E-state index in [1.54, 1.807) is 45.0 Å². The number of ether oxygens (including phenoxy) is 3. The zero-order chi connectivity index (χ0) is 36.3. The molecular formula is C39H38N2O9S. The van der Waals surface area contributed by atoms with Gasteiger partial charge in [-0.25, -0.2) is 18.1 Å². The Morgan fingerprint density at radius 2 is 1.47 bits per heavy atom. The molecule has 2 amide bonds. The number of hydrogen-bond donors (Lipinski definition) is 0. The lowest BCUT2D eigenvalue weighted by molar-refractivity contribution is -0.116. The van der Waals surface area contributed by atoms with Gasteiger partial charge in [0.05, 0.1) is 22.5 Å². The average Bonchev–Trinajstić information content (AvgIpc) is 3.45. The summed E-state index contributed by atoms with van der Waals surface area (Å²) in [6, 6.07) is 28.6. The van der Waals surface area contributed by atoms with E-state index >= 15 is 0 Å². The van der Waals surface area contributed by atoms with Gasteiger partial charge >= 0.3 is 6.09 Å². The van der Waals surface area contributed by atoms with E-state index in [1.807, 2.05) is 60.7 Å². The van der Waals surface area contributed by atoms with E-state index < -0.39 is 33.1 Å². The highest BCUT2D eigenvalue weighted by molar-refractivity contribution is 7.93. The van der Waals surface area contributed by atoms with Crippen molar-refractivity contribution in [1.82, 2.24) is 0 Å². The SMILES string of the molecule is CC(=O)N(C(=O)OC(C)(C)C)c1cc(N2CCCS2(=O)=O)c2oc(-c3ccc(OCc4ccccc4)cc3)c(OCc3ccccc3)c(=O)c2c1. The number of rotatable bonds is 9. The maximum absolute atomic E-state index is 14.5. The molecular weight excluding hydrogens is 673 g/mol. The number of hydrogen-bond acceptors (Lipinski definition) is 9. The van der Waals surface area contributed by atoms with Crippen molar-refractivity contribution < 1.29 is 36.6 Å². The van der Waals surface area contributed by atoms with Gasteiger partial charge in [-0.1, -0.05) is 60.7 Å². The van der Waals surface area contributed by atoms with Crippen LogP contribution in [-0.4, -0.2) is 38.3 Å². The van der Waals surface area contributed by atoms with Crippen LogP contribution in [0.1, 0.15) is 45.2 Å². The largest absolute Gasteiger partial charge is 0.489 e. The lowest BCUT2D eigenvalue weighted by Crippen LogP contribution is -2.40. The summed E-state index contributed by atoms with van der Waals surface area (Å²) in [5.41, 5.74) is 0.586. The highest BCUT2D eigenvalue weighted by Crippen LogP contribution is 2.40. The minimum Gasteiger partial charge on any atom is -0.489 e. The van der Waals surface area contributed by atoms with Crippen LogP contribution in [0.2, 0.25) is 0 Å². The molecule has 0 radical (unpaired) electrons. The summed E-state index contributed by atoms with van der Waals surface area (Å²) in [5, 5.41) is -0.0889. The molecule has 0 aliphatic carbocycles. The second kappa shape index (κ2) is 14.3. The highest BCUT2D eigenvalue weighted by atomic mass is 32.2. The van der Waals surface area contributed by atoms with E-state index in [1.165, 1.54) is 19.1 Å². The van der Waals surface area contributed by atoms with Crippen molar-refractivity contribution in [3.63, 3.8) is 0 Å². The second-order valence-electron chi connectivity index (χ2n) is 13.1. The molecule has 1 fully saturated rings. The van der Waals surface area contributed by atoms with E-state index in [0.717, 1.165) is 20.3 Å². The second-order valence-corrected chi connectivity index (χ2v) is 15.1. The predicted octanol–water partition coefficient (Wildman–Crippen LogP) is 7.45. The van der Waals surface area contributed by atoms with Gasteiger partial charge in [0, 0.05) is 19.0 Å². The van der Waals surface area contributed by atoms with Crippen LogP contribution in [0.3, 0.4) is 0 Å². The fraction of sp³-hybridized carbons (Fsp3) is 0.256. The summed E-state index contributed by atoms with van der Waals surface area (Å²) in [4.78, 5) is 41.6. The molecule has 0 unspecified atom stereocenters. The Morgan fingerprint density at radius 3 is 2.02 bits per heavy atom. The molecule has 4 aromatic carbocycles. The lowest BCUT2D eigenvalue weighted by Gasteiger charge is -2.27. The zero-order valence-corrected chi connectivity index (χ0v) is 29.6. The zero-order valence-electron chi connectivity index (χ0n) is 28.8. The van der Waals surface area contributed by atoms with Crippen molar-refractivity contribution in [1.29, 1.82) is 0 Å². The Kier molecular flexibility index (Phi) is 9.88. The third-order valence-corrected chi connectivity index (χ3v) is 9.88. The molecule has 0 spiro atoms. The third-order valence-electron chi connectivity index (χ3n) is 8.02. The Morgan fingerprint density at radius 1 is 0.863 bits per heavy atom. The molecule has 1 aromatic heterocycles. The maximum Gasteiger partial charge on any atom is 0.421 e. The molecule has 1 aliphatic rings. The molecule has 0 bridgehead atoms. The fourth-order valence-corrected chi connectivity index (χ4v) is 7.25. The van der Waals surface area contributed by atoms with Crippen molar-refractivity contribution in [3.05, 3.63) is 118 Å². The standard InChI is InChI=1S/C39H38N2O9S/c1-26(42)41(38(44)50-39(2,3)4)30-22-32-34(43)37(48-25-28-14-9-6-10-15-28)35(49-36(32)33(23-30)40-20-11-21-51(40,45)46)29-16-18-31(19-17-29)47-24-27-12-7-5-8-13-27/h5-10,12-19,22-23H,11,20-21,24-25H2,1-4H3. The smallest absolute Gasteiger partial charge is 0.421 e. The van der Waals surface area contributed by atoms with Crippen LogP contribution in [0.5, 0.6) is 11.5 Å². The van der Waals surface area contributed by atoms with Crippen LogP contribution in [0.15, 0.2) is 106 Å². The van der Waals surface area contributed by atoms with E-state index in [2.05, 4.69) is 0 Å². The number of benzene rings is 4. The summed E-state index contributed by atoms with van der Waals surface area (Å²) in [6.07, 6.45) is -0.656. The molecule has 11 nitrogen and oxygen atoms in total. The van der Waals surface area contributed by atoms with Crippen molar-refractivity contribution in [3.8, 4) is 22.8 Å². The van der Waals surface area contributed by atoms with Crippen molar-refractivity contribution in [2.75, 3.05) is 21.5 Å². The van der Waals surface area contributed by atoms with Crippen LogP contribution in [0, 0.1) is 0 Å². The van der Waals surface area contributed by atoms with Gasteiger partial charge in [-0.3, -0.25) is 13.9 Å². The molecule has 1 aliphatic heterocycles. The molecule has 1 saturated heterocycles. The summed E-state index contributed by atoms with van der Waals surface area (Å²) in [7, 11) is -3.82. The molecule has 0 N–H and O–H groups in total. The quantitative estimate of drug-likeness (QED) is 0.153. The number of amides is 2. The molecule has 2 heterocycles.